The van der Waals surface area contributed by atoms with E-state index in [0.29, 0.717) is 32.0 Å². The van der Waals surface area contributed by atoms with Crippen molar-refractivity contribution in [1.29, 1.82) is 0 Å². The average Bonchev–Trinajstić information content (AvgIpc) is 2.62. The molecule has 1 amide bonds. The van der Waals surface area contributed by atoms with Crippen LogP contribution in [0.5, 0.6) is 0 Å². The van der Waals surface area contributed by atoms with E-state index >= 15 is 0 Å². The van der Waals surface area contributed by atoms with Gasteiger partial charge in [-0.3, -0.25) is 4.79 Å². The molecule has 0 bridgehead atoms. The highest BCUT2D eigenvalue weighted by Gasteiger charge is 2.38. The van der Waals surface area contributed by atoms with Gasteiger partial charge in [0.05, 0.1) is 4.90 Å². The van der Waals surface area contributed by atoms with Crippen LogP contribution in [0.3, 0.4) is 0 Å². The van der Waals surface area contributed by atoms with E-state index in [4.69, 9.17) is 10.5 Å². The maximum atomic E-state index is 12.9. The average molecular weight is 381 g/mol. The molecule has 144 valence electrons. The van der Waals surface area contributed by atoms with Gasteiger partial charge in [0.1, 0.15) is 0 Å². The third-order valence-corrected chi connectivity index (χ3v) is 7.17. The van der Waals surface area contributed by atoms with Crippen LogP contribution in [0.4, 0.5) is 0 Å². The fraction of sp³-hybridized carbons (Fsp3) is 0.632. The minimum Gasteiger partial charge on any atom is -0.381 e. The van der Waals surface area contributed by atoms with Gasteiger partial charge in [-0.2, -0.15) is 0 Å². The number of primary amides is 1. The zero-order valence-corrected chi connectivity index (χ0v) is 15.9. The zero-order chi connectivity index (χ0) is 18.6. The largest absolute Gasteiger partial charge is 0.381 e. The summed E-state index contributed by atoms with van der Waals surface area (Å²) in [6, 6.07) is 7.19. The molecule has 1 aliphatic heterocycles. The summed E-state index contributed by atoms with van der Waals surface area (Å²) in [6.07, 6.45) is 6.98. The van der Waals surface area contributed by atoms with Crippen molar-refractivity contribution in [2.45, 2.75) is 67.7 Å². The van der Waals surface area contributed by atoms with Crippen LogP contribution in [0.2, 0.25) is 0 Å². The molecule has 0 aromatic heterocycles. The van der Waals surface area contributed by atoms with Crippen LogP contribution in [0.1, 0.15) is 62.8 Å². The number of carbonyl (C=O) groups excluding carboxylic acids is 1. The molecule has 1 saturated carbocycles. The molecule has 0 atom stereocenters. The van der Waals surface area contributed by atoms with Crippen LogP contribution >= 0.6 is 0 Å². The van der Waals surface area contributed by atoms with Crippen molar-refractivity contribution >= 4 is 15.9 Å². The summed E-state index contributed by atoms with van der Waals surface area (Å²) in [5.74, 6) is 0.0207. The fourth-order valence-corrected chi connectivity index (χ4v) is 5.57. The molecule has 1 aliphatic carbocycles. The maximum absolute atomic E-state index is 12.9. The topological polar surface area (TPSA) is 98.5 Å². The van der Waals surface area contributed by atoms with Crippen LogP contribution in [-0.4, -0.2) is 33.1 Å². The van der Waals surface area contributed by atoms with Crippen molar-refractivity contribution in [2.24, 2.45) is 5.73 Å². The van der Waals surface area contributed by atoms with Gasteiger partial charge in [-0.25, -0.2) is 13.1 Å². The number of carbonyl (C=O) groups is 1. The van der Waals surface area contributed by atoms with Gasteiger partial charge in [0.25, 0.3) is 0 Å². The predicted octanol–water partition coefficient (Wildman–Crippen LogP) is 2.44. The van der Waals surface area contributed by atoms with Crippen LogP contribution in [0.15, 0.2) is 29.2 Å². The number of hydrogen-bond acceptors (Lipinski definition) is 4. The van der Waals surface area contributed by atoms with Crippen LogP contribution in [-0.2, 0) is 19.6 Å². The summed E-state index contributed by atoms with van der Waals surface area (Å²) in [6.45, 7) is 0.826. The summed E-state index contributed by atoms with van der Waals surface area (Å²) in [4.78, 5) is 11.7. The molecule has 0 unspecified atom stereocenters. The monoisotopic (exact) mass is 380 g/mol. The number of hydrogen-bond donors (Lipinski definition) is 2. The zero-order valence-electron chi connectivity index (χ0n) is 15.1. The lowest BCUT2D eigenvalue weighted by Crippen LogP contribution is -2.53. The number of nitrogens with one attached hydrogen (secondary N) is 1. The number of sulfonamides is 1. The number of ether oxygens (including phenoxy) is 1. The van der Waals surface area contributed by atoms with Crippen LogP contribution < -0.4 is 10.5 Å². The van der Waals surface area contributed by atoms with Gasteiger partial charge in [0, 0.05) is 25.2 Å². The van der Waals surface area contributed by atoms with Crippen molar-refractivity contribution in [1.82, 2.24) is 4.72 Å². The second-order valence-corrected chi connectivity index (χ2v) is 9.23. The Hall–Kier alpha value is -1.44. The lowest BCUT2D eigenvalue weighted by molar-refractivity contribution is -0.120. The van der Waals surface area contributed by atoms with Crippen molar-refractivity contribution in [3.63, 3.8) is 0 Å². The minimum absolute atomic E-state index is 0.0181. The first-order valence-electron chi connectivity index (χ1n) is 9.40. The summed E-state index contributed by atoms with van der Waals surface area (Å²) in [7, 11) is -3.72. The maximum Gasteiger partial charge on any atom is 0.241 e. The molecule has 26 heavy (non-hydrogen) atoms. The van der Waals surface area contributed by atoms with E-state index in [1.165, 1.54) is 37.7 Å². The first-order chi connectivity index (χ1) is 12.4. The smallest absolute Gasteiger partial charge is 0.241 e. The second kappa shape index (κ2) is 8.06. The molecule has 0 radical (unpaired) electrons. The molecule has 2 aliphatic rings. The van der Waals surface area contributed by atoms with Crippen LogP contribution in [0, 0.1) is 0 Å². The molecule has 0 spiro atoms. The third kappa shape index (κ3) is 4.64. The van der Waals surface area contributed by atoms with Crippen molar-refractivity contribution in [3.05, 3.63) is 29.8 Å². The Morgan fingerprint density at radius 2 is 1.73 bits per heavy atom. The van der Waals surface area contributed by atoms with Gasteiger partial charge in [-0.05, 0) is 49.3 Å². The van der Waals surface area contributed by atoms with Gasteiger partial charge in [-0.1, -0.05) is 31.4 Å². The van der Waals surface area contributed by atoms with Gasteiger partial charge >= 0.3 is 0 Å². The molecule has 7 heteroatoms. The summed E-state index contributed by atoms with van der Waals surface area (Å²) < 4.78 is 33.8. The van der Waals surface area contributed by atoms with E-state index in [-0.39, 0.29) is 11.3 Å². The molecule has 1 heterocycles. The van der Waals surface area contributed by atoms with Crippen LogP contribution in [0.25, 0.3) is 0 Å². The Morgan fingerprint density at radius 1 is 1.12 bits per heavy atom. The minimum atomic E-state index is -3.72. The Balaban J connectivity index is 1.76. The van der Waals surface area contributed by atoms with Gasteiger partial charge < -0.3 is 10.5 Å². The highest BCUT2D eigenvalue weighted by Crippen LogP contribution is 2.33. The Labute approximate surface area is 155 Å². The van der Waals surface area contributed by atoms with Crippen molar-refractivity contribution in [2.75, 3.05) is 13.2 Å². The quantitative estimate of drug-likeness (QED) is 0.792. The van der Waals surface area contributed by atoms with E-state index in [2.05, 4.69) is 4.72 Å². The molecular weight excluding hydrogens is 352 g/mol. The lowest BCUT2D eigenvalue weighted by Gasteiger charge is -2.36. The molecule has 3 N–H and O–H groups in total. The van der Waals surface area contributed by atoms with E-state index < -0.39 is 21.5 Å². The molecule has 1 saturated heterocycles. The predicted molar refractivity (Wildman–Crippen MR) is 99.2 cm³/mol. The van der Waals surface area contributed by atoms with E-state index in [0.717, 1.165) is 0 Å². The standard InChI is InChI=1S/C19H28N2O4S/c20-18(22)14-19(10-12-25-13-11-19)21-26(23,24)17-8-6-16(7-9-17)15-4-2-1-3-5-15/h6-9,15,21H,1-5,10-14H2,(H2,20,22). The summed E-state index contributed by atoms with van der Waals surface area (Å²) in [5.41, 5.74) is 5.71. The molecule has 1 aromatic carbocycles. The fourth-order valence-electron chi connectivity index (χ4n) is 4.11. The summed E-state index contributed by atoms with van der Waals surface area (Å²) >= 11 is 0. The molecular formula is C19H28N2O4S. The number of rotatable bonds is 6. The number of benzene rings is 1. The van der Waals surface area contributed by atoms with Gasteiger partial charge in [0.2, 0.25) is 15.9 Å². The van der Waals surface area contributed by atoms with E-state index in [1.807, 2.05) is 12.1 Å². The highest BCUT2D eigenvalue weighted by atomic mass is 32.2. The normalized spacial score (nSPS) is 21.4. The lowest BCUT2D eigenvalue weighted by atomic mass is 9.84. The highest BCUT2D eigenvalue weighted by molar-refractivity contribution is 7.89. The first kappa shape index (κ1) is 19.3. The number of amides is 1. The Bertz CT molecular complexity index is 718. The van der Waals surface area contributed by atoms with Crippen molar-refractivity contribution < 1.29 is 17.9 Å². The Kier molecular flexibility index (Phi) is 5.99. The number of nitrogens with two attached hydrogens (primary N) is 1. The van der Waals surface area contributed by atoms with Crippen molar-refractivity contribution in [3.8, 4) is 0 Å². The molecule has 6 nitrogen and oxygen atoms in total. The first-order valence-corrected chi connectivity index (χ1v) is 10.9. The SMILES string of the molecule is NC(=O)CC1(NS(=O)(=O)c2ccc(C3CCCCC3)cc2)CCOCC1. The molecule has 1 aromatic rings. The third-order valence-electron chi connectivity index (χ3n) is 5.58. The molecule has 3 rings (SSSR count). The van der Waals surface area contributed by atoms with E-state index in [9.17, 15) is 13.2 Å². The van der Waals surface area contributed by atoms with E-state index in [1.54, 1.807) is 12.1 Å². The second-order valence-electron chi connectivity index (χ2n) is 7.55. The summed E-state index contributed by atoms with van der Waals surface area (Å²) in [5, 5.41) is 0. The molecule has 2 fully saturated rings. The van der Waals surface area contributed by atoms with Gasteiger partial charge in [0.15, 0.2) is 0 Å². The Morgan fingerprint density at radius 3 is 2.31 bits per heavy atom. The van der Waals surface area contributed by atoms with Gasteiger partial charge in [-0.15, -0.1) is 0 Å².